The van der Waals surface area contributed by atoms with Gasteiger partial charge in [0, 0.05) is 36.1 Å². The summed E-state index contributed by atoms with van der Waals surface area (Å²) in [6, 6.07) is 29.9. The number of rotatable bonds is 10. The van der Waals surface area contributed by atoms with Crippen molar-refractivity contribution in [2.75, 3.05) is 0 Å². The first-order valence-electron chi connectivity index (χ1n) is 13.5. The highest BCUT2D eigenvalue weighted by molar-refractivity contribution is 6.14. The van der Waals surface area contributed by atoms with Gasteiger partial charge >= 0.3 is 11.9 Å². The lowest BCUT2D eigenvalue weighted by atomic mass is 9.59. The summed E-state index contributed by atoms with van der Waals surface area (Å²) in [6.45, 7) is 0. The van der Waals surface area contributed by atoms with Crippen molar-refractivity contribution in [3.05, 3.63) is 166 Å². The van der Waals surface area contributed by atoms with Gasteiger partial charge in [-0.2, -0.15) is 0 Å². The fraction of sp³-hybridized carbons (Fsp3) is 0.0833. The van der Waals surface area contributed by atoms with E-state index in [1.54, 1.807) is 0 Å². The van der Waals surface area contributed by atoms with Crippen molar-refractivity contribution in [1.82, 2.24) is 0 Å². The van der Waals surface area contributed by atoms with Gasteiger partial charge in [-0.1, -0.05) is 97.1 Å². The molecule has 0 aromatic heterocycles. The van der Waals surface area contributed by atoms with Crippen LogP contribution in [0, 0.1) is 0 Å². The van der Waals surface area contributed by atoms with Gasteiger partial charge in [-0.25, -0.2) is 9.59 Å². The van der Waals surface area contributed by atoms with E-state index in [0.29, 0.717) is 22.3 Å². The molecule has 212 valence electrons. The standard InChI is InChI=1S/C36H26O7/c37-27(17-19-33(39)40)21-23-9-13-25(14-10-23)36(26-15-11-24(12-16-26)22-28(38)18-20-34(41)42)31-7-3-1-5-29(31)35(43)30-6-2-4-8-32(30)36/h1-20H,21-22H2,(H,39,40)(H,41,42)/b19-17+,20-18+. The summed E-state index contributed by atoms with van der Waals surface area (Å²) in [4.78, 5) is 59.8. The number of carboxylic acids is 2. The van der Waals surface area contributed by atoms with Crippen LogP contribution < -0.4 is 0 Å². The maximum Gasteiger partial charge on any atom is 0.328 e. The second-order valence-corrected chi connectivity index (χ2v) is 10.2. The molecule has 0 bridgehead atoms. The molecule has 7 nitrogen and oxygen atoms in total. The first-order valence-corrected chi connectivity index (χ1v) is 13.5. The molecule has 1 aliphatic carbocycles. The zero-order valence-corrected chi connectivity index (χ0v) is 22.9. The molecule has 4 aromatic carbocycles. The molecule has 43 heavy (non-hydrogen) atoms. The molecule has 0 atom stereocenters. The smallest absolute Gasteiger partial charge is 0.328 e. The highest BCUT2D eigenvalue weighted by atomic mass is 16.4. The monoisotopic (exact) mass is 570 g/mol. The van der Waals surface area contributed by atoms with Crippen LogP contribution in [0.5, 0.6) is 0 Å². The molecule has 0 unspecified atom stereocenters. The molecule has 0 fully saturated rings. The minimum absolute atomic E-state index is 0.0295. The van der Waals surface area contributed by atoms with Gasteiger partial charge < -0.3 is 10.2 Å². The first-order chi connectivity index (χ1) is 20.7. The van der Waals surface area contributed by atoms with Crippen LogP contribution in [0.4, 0.5) is 0 Å². The number of ketones is 3. The molecule has 1 aliphatic rings. The molecule has 7 heteroatoms. The van der Waals surface area contributed by atoms with Crippen molar-refractivity contribution >= 4 is 29.3 Å². The van der Waals surface area contributed by atoms with Crippen molar-refractivity contribution in [2.24, 2.45) is 0 Å². The molecule has 4 aromatic rings. The van der Waals surface area contributed by atoms with Crippen LogP contribution in [0.1, 0.15) is 49.3 Å². The largest absolute Gasteiger partial charge is 0.478 e. The number of allylic oxidation sites excluding steroid dienone is 2. The third kappa shape index (κ3) is 5.74. The van der Waals surface area contributed by atoms with Crippen LogP contribution in [0.2, 0.25) is 0 Å². The summed E-state index contributed by atoms with van der Waals surface area (Å²) in [5.74, 6) is -3.15. The molecule has 0 saturated carbocycles. The Morgan fingerprint density at radius 1 is 0.535 bits per heavy atom. The third-order valence-corrected chi connectivity index (χ3v) is 7.51. The third-order valence-electron chi connectivity index (χ3n) is 7.51. The lowest BCUT2D eigenvalue weighted by Crippen LogP contribution is -2.38. The van der Waals surface area contributed by atoms with Crippen LogP contribution in [-0.2, 0) is 37.4 Å². The summed E-state index contributed by atoms with van der Waals surface area (Å²) in [6.07, 6.45) is 3.78. The van der Waals surface area contributed by atoms with E-state index in [1.807, 2.05) is 97.1 Å². The number of fused-ring (bicyclic) bond motifs is 2. The highest BCUT2D eigenvalue weighted by Gasteiger charge is 2.46. The Bertz CT molecular complexity index is 1680. The highest BCUT2D eigenvalue weighted by Crippen LogP contribution is 2.50. The van der Waals surface area contributed by atoms with Crippen molar-refractivity contribution in [3.8, 4) is 0 Å². The van der Waals surface area contributed by atoms with E-state index in [1.165, 1.54) is 0 Å². The number of carboxylic acid groups (broad SMARTS) is 2. The summed E-state index contributed by atoms with van der Waals surface area (Å²) in [5.41, 5.74) is 4.91. The molecule has 0 amide bonds. The quantitative estimate of drug-likeness (QED) is 0.223. The minimum Gasteiger partial charge on any atom is -0.478 e. The normalized spacial score (nSPS) is 13.4. The predicted molar refractivity (Wildman–Crippen MR) is 159 cm³/mol. The van der Waals surface area contributed by atoms with Gasteiger partial charge in [0.05, 0.1) is 5.41 Å². The van der Waals surface area contributed by atoms with Gasteiger partial charge in [-0.3, -0.25) is 14.4 Å². The summed E-state index contributed by atoms with van der Waals surface area (Å²) in [5, 5.41) is 17.6. The average molecular weight is 571 g/mol. The Morgan fingerprint density at radius 3 is 1.28 bits per heavy atom. The van der Waals surface area contributed by atoms with Crippen molar-refractivity contribution in [1.29, 1.82) is 0 Å². The fourth-order valence-corrected chi connectivity index (χ4v) is 5.69. The Labute approximate surface area is 247 Å². The molecular formula is C36H26O7. The zero-order valence-electron chi connectivity index (χ0n) is 22.9. The number of hydrogen-bond acceptors (Lipinski definition) is 5. The summed E-state index contributed by atoms with van der Waals surface area (Å²) < 4.78 is 0. The van der Waals surface area contributed by atoms with E-state index in [4.69, 9.17) is 10.2 Å². The number of carbonyl (C=O) groups is 5. The number of hydrogen-bond donors (Lipinski definition) is 2. The predicted octanol–water partition coefficient (Wildman–Crippen LogP) is 5.12. The second-order valence-electron chi connectivity index (χ2n) is 10.2. The van der Waals surface area contributed by atoms with Crippen molar-refractivity contribution in [3.63, 3.8) is 0 Å². The average Bonchev–Trinajstić information content (AvgIpc) is 3.01. The van der Waals surface area contributed by atoms with Gasteiger partial charge in [-0.05, 0) is 45.5 Å². The second kappa shape index (κ2) is 12.0. The Balaban J connectivity index is 1.65. The molecular weight excluding hydrogens is 544 g/mol. The number of aliphatic carboxylic acids is 2. The van der Waals surface area contributed by atoms with Gasteiger partial charge in [-0.15, -0.1) is 0 Å². The molecule has 0 radical (unpaired) electrons. The number of benzene rings is 4. The molecule has 2 N–H and O–H groups in total. The van der Waals surface area contributed by atoms with E-state index in [9.17, 15) is 24.0 Å². The van der Waals surface area contributed by atoms with E-state index >= 15 is 0 Å². The van der Waals surface area contributed by atoms with E-state index in [2.05, 4.69) is 0 Å². The maximum atomic E-state index is 13.7. The van der Waals surface area contributed by atoms with Crippen LogP contribution >= 0.6 is 0 Å². The Hall–Kier alpha value is -5.69. The van der Waals surface area contributed by atoms with Crippen LogP contribution in [0.25, 0.3) is 0 Å². The molecule has 0 aliphatic heterocycles. The molecule has 5 rings (SSSR count). The van der Waals surface area contributed by atoms with Crippen LogP contribution in [0.3, 0.4) is 0 Å². The van der Waals surface area contributed by atoms with Gasteiger partial charge in [0.25, 0.3) is 0 Å². The van der Waals surface area contributed by atoms with Gasteiger partial charge in [0.15, 0.2) is 17.3 Å². The van der Waals surface area contributed by atoms with Gasteiger partial charge in [0.2, 0.25) is 0 Å². The van der Waals surface area contributed by atoms with Crippen LogP contribution in [-0.4, -0.2) is 39.5 Å². The van der Waals surface area contributed by atoms with Crippen molar-refractivity contribution in [2.45, 2.75) is 18.3 Å². The zero-order chi connectivity index (χ0) is 30.6. The van der Waals surface area contributed by atoms with Gasteiger partial charge in [0.1, 0.15) is 0 Å². The maximum absolute atomic E-state index is 13.7. The fourth-order valence-electron chi connectivity index (χ4n) is 5.69. The van der Waals surface area contributed by atoms with E-state index in [0.717, 1.165) is 46.6 Å². The topological polar surface area (TPSA) is 126 Å². The van der Waals surface area contributed by atoms with E-state index in [-0.39, 0.29) is 30.2 Å². The lowest BCUT2D eigenvalue weighted by molar-refractivity contribution is -0.132. The minimum atomic E-state index is -1.19. The summed E-state index contributed by atoms with van der Waals surface area (Å²) >= 11 is 0. The van der Waals surface area contributed by atoms with Crippen molar-refractivity contribution < 1.29 is 34.2 Å². The Kier molecular flexibility index (Phi) is 8.07. The molecule has 0 heterocycles. The molecule has 0 saturated heterocycles. The first kappa shape index (κ1) is 28.8. The van der Waals surface area contributed by atoms with Crippen LogP contribution in [0.15, 0.2) is 121 Å². The lowest BCUT2D eigenvalue weighted by Gasteiger charge is -2.41. The Morgan fingerprint density at radius 2 is 0.907 bits per heavy atom. The van der Waals surface area contributed by atoms with E-state index < -0.39 is 17.4 Å². The number of carbonyl (C=O) groups excluding carboxylic acids is 3. The summed E-state index contributed by atoms with van der Waals surface area (Å²) in [7, 11) is 0. The SMILES string of the molecule is O=C(O)/C=C/C(=O)Cc1ccc(C2(c3ccc(CC(=O)/C=C/C(=O)O)cc3)c3ccccc3C(=O)c3ccccc32)cc1. The molecule has 0 spiro atoms.